The third-order valence-corrected chi connectivity index (χ3v) is 5.77. The fraction of sp³-hybridized carbons (Fsp3) is 0.722. The Bertz CT molecular complexity index is 491. The average Bonchev–Trinajstić information content (AvgIpc) is 3.08. The van der Waals surface area contributed by atoms with Crippen LogP contribution >= 0.6 is 11.3 Å². The van der Waals surface area contributed by atoms with E-state index in [9.17, 15) is 0 Å². The van der Waals surface area contributed by atoms with Gasteiger partial charge in [0.25, 0.3) is 0 Å². The monoisotopic (exact) mass is 334 g/mol. The first-order valence-electron chi connectivity index (χ1n) is 9.01. The summed E-state index contributed by atoms with van der Waals surface area (Å²) in [4.78, 5) is 6.98. The van der Waals surface area contributed by atoms with Gasteiger partial charge in [-0.1, -0.05) is 13.3 Å². The van der Waals surface area contributed by atoms with Crippen LogP contribution in [0.4, 0.5) is 0 Å². The third-order valence-electron chi connectivity index (χ3n) is 5.04. The molecule has 0 bridgehead atoms. The molecule has 2 unspecified atom stereocenters. The van der Waals surface area contributed by atoms with Crippen LogP contribution in [-0.4, -0.2) is 43.1 Å². The molecule has 128 valence electrons. The Labute approximate surface area is 144 Å². The zero-order valence-corrected chi connectivity index (χ0v) is 15.2. The van der Waals surface area contributed by atoms with Crippen LogP contribution in [0.1, 0.15) is 44.6 Å². The molecule has 23 heavy (non-hydrogen) atoms. The van der Waals surface area contributed by atoms with Crippen LogP contribution in [0.25, 0.3) is 0 Å². The van der Waals surface area contributed by atoms with Crippen molar-refractivity contribution in [2.24, 2.45) is 10.9 Å². The smallest absolute Gasteiger partial charge is 0.191 e. The molecule has 5 heteroatoms. The highest BCUT2D eigenvalue weighted by atomic mass is 32.1. The van der Waals surface area contributed by atoms with E-state index in [2.05, 4.69) is 44.3 Å². The summed E-state index contributed by atoms with van der Waals surface area (Å²) in [7, 11) is 1.89. The van der Waals surface area contributed by atoms with Gasteiger partial charge in [0.05, 0.1) is 0 Å². The van der Waals surface area contributed by atoms with E-state index < -0.39 is 0 Å². The summed E-state index contributed by atoms with van der Waals surface area (Å²) in [5.41, 5.74) is 1.45. The van der Waals surface area contributed by atoms with Crippen molar-refractivity contribution in [1.29, 1.82) is 0 Å². The van der Waals surface area contributed by atoms with E-state index in [-0.39, 0.29) is 0 Å². The second-order valence-electron chi connectivity index (χ2n) is 6.93. The number of hydrogen-bond donors (Lipinski definition) is 2. The number of thiophene rings is 1. The second kappa shape index (κ2) is 8.15. The van der Waals surface area contributed by atoms with E-state index >= 15 is 0 Å². The van der Waals surface area contributed by atoms with Gasteiger partial charge in [0, 0.05) is 38.8 Å². The summed E-state index contributed by atoms with van der Waals surface area (Å²) in [6.45, 7) is 5.72. The Morgan fingerprint density at radius 2 is 2.17 bits per heavy atom. The van der Waals surface area contributed by atoms with Crippen LogP contribution < -0.4 is 10.6 Å². The fourth-order valence-corrected chi connectivity index (χ4v) is 4.19. The molecule has 0 aromatic carbocycles. The Morgan fingerprint density at radius 3 is 2.83 bits per heavy atom. The molecule has 2 fully saturated rings. The third kappa shape index (κ3) is 4.95. The summed E-state index contributed by atoms with van der Waals surface area (Å²) in [5, 5.41) is 11.7. The predicted octanol–water partition coefficient (Wildman–Crippen LogP) is 3.07. The normalized spacial score (nSPS) is 26.3. The van der Waals surface area contributed by atoms with E-state index in [0.29, 0.717) is 12.1 Å². The molecule has 2 heterocycles. The molecular weight excluding hydrogens is 304 g/mol. The van der Waals surface area contributed by atoms with Gasteiger partial charge in [0.15, 0.2) is 5.96 Å². The zero-order valence-electron chi connectivity index (χ0n) is 14.4. The topological polar surface area (TPSA) is 39.7 Å². The van der Waals surface area contributed by atoms with Gasteiger partial charge in [0.1, 0.15) is 0 Å². The van der Waals surface area contributed by atoms with Crippen molar-refractivity contribution < 1.29 is 0 Å². The molecule has 3 rings (SSSR count). The highest BCUT2D eigenvalue weighted by Gasteiger charge is 2.36. The number of nitrogens with zero attached hydrogens (tertiary/aromatic N) is 2. The number of hydrogen-bond acceptors (Lipinski definition) is 3. The lowest BCUT2D eigenvalue weighted by molar-refractivity contribution is 0.198. The van der Waals surface area contributed by atoms with Gasteiger partial charge in [-0.25, -0.2) is 0 Å². The second-order valence-corrected chi connectivity index (χ2v) is 7.71. The summed E-state index contributed by atoms with van der Waals surface area (Å²) in [6, 6.07) is 3.45. The van der Waals surface area contributed by atoms with E-state index in [1.807, 2.05) is 7.05 Å². The molecule has 4 nitrogen and oxygen atoms in total. The maximum Gasteiger partial charge on any atom is 0.191 e. The minimum absolute atomic E-state index is 0.559. The molecule has 2 N–H and O–H groups in total. The van der Waals surface area contributed by atoms with Crippen molar-refractivity contribution in [2.45, 2.75) is 57.7 Å². The van der Waals surface area contributed by atoms with Crippen LogP contribution in [0.15, 0.2) is 21.8 Å². The molecule has 1 aliphatic heterocycles. The summed E-state index contributed by atoms with van der Waals surface area (Å²) in [6.07, 6.45) is 6.35. The molecule has 1 aromatic rings. The first kappa shape index (κ1) is 16.8. The van der Waals surface area contributed by atoms with Crippen molar-refractivity contribution in [3.05, 3.63) is 22.4 Å². The standard InChI is InChI=1S/C18H30N4S/c1-3-4-15-11-17(15)21-18(19-2)20-16-5-8-22(9-6-16)12-14-7-10-23-13-14/h7,10,13,15-17H,3-6,8-9,11-12H2,1-2H3,(H2,19,20,21). The van der Waals surface area contributed by atoms with Crippen LogP contribution in [-0.2, 0) is 6.54 Å². The van der Waals surface area contributed by atoms with Gasteiger partial charge in [-0.05, 0) is 54.0 Å². The Kier molecular flexibility index (Phi) is 5.95. The lowest BCUT2D eigenvalue weighted by Gasteiger charge is -2.33. The summed E-state index contributed by atoms with van der Waals surface area (Å²) in [5.74, 6) is 1.87. The minimum atomic E-state index is 0.559. The first-order chi connectivity index (χ1) is 11.3. The van der Waals surface area contributed by atoms with Crippen LogP contribution in [0.3, 0.4) is 0 Å². The van der Waals surface area contributed by atoms with Crippen LogP contribution in [0, 0.1) is 5.92 Å². The maximum absolute atomic E-state index is 4.42. The molecule has 1 saturated heterocycles. The van der Waals surface area contributed by atoms with Crippen LogP contribution in [0.5, 0.6) is 0 Å². The van der Waals surface area contributed by atoms with Crippen molar-refractivity contribution in [1.82, 2.24) is 15.5 Å². The summed E-state index contributed by atoms with van der Waals surface area (Å²) < 4.78 is 0. The molecule has 1 aromatic heterocycles. The number of piperidine rings is 1. The maximum atomic E-state index is 4.42. The molecule has 1 aliphatic carbocycles. The average molecular weight is 335 g/mol. The highest BCUT2D eigenvalue weighted by Crippen LogP contribution is 2.34. The Hall–Kier alpha value is -1.07. The molecule has 0 spiro atoms. The van der Waals surface area contributed by atoms with Crippen molar-refractivity contribution in [3.8, 4) is 0 Å². The van der Waals surface area contributed by atoms with Gasteiger partial charge in [0.2, 0.25) is 0 Å². The molecule has 0 amide bonds. The lowest BCUT2D eigenvalue weighted by atomic mass is 10.0. The van der Waals surface area contributed by atoms with Crippen molar-refractivity contribution >= 4 is 17.3 Å². The van der Waals surface area contributed by atoms with E-state index in [0.717, 1.165) is 18.4 Å². The molecular formula is C18H30N4S. The number of aliphatic imine (C=N–C) groups is 1. The molecule has 0 radical (unpaired) electrons. The number of nitrogens with one attached hydrogen (secondary N) is 2. The van der Waals surface area contributed by atoms with Gasteiger partial charge >= 0.3 is 0 Å². The SMILES string of the molecule is CCCC1CC1NC(=NC)NC1CCN(Cc2ccsc2)CC1. The van der Waals surface area contributed by atoms with Crippen molar-refractivity contribution in [2.75, 3.05) is 20.1 Å². The van der Waals surface area contributed by atoms with Gasteiger partial charge in [-0.3, -0.25) is 9.89 Å². The van der Waals surface area contributed by atoms with Crippen molar-refractivity contribution in [3.63, 3.8) is 0 Å². The van der Waals surface area contributed by atoms with E-state index in [1.54, 1.807) is 11.3 Å². The van der Waals surface area contributed by atoms with E-state index in [4.69, 9.17) is 0 Å². The van der Waals surface area contributed by atoms with Gasteiger partial charge < -0.3 is 10.6 Å². The van der Waals surface area contributed by atoms with Gasteiger partial charge in [-0.2, -0.15) is 11.3 Å². The predicted molar refractivity (Wildman–Crippen MR) is 99.1 cm³/mol. The molecule has 2 atom stereocenters. The number of guanidine groups is 1. The number of likely N-dealkylation sites (tertiary alicyclic amines) is 1. The Balaban J connectivity index is 1.37. The van der Waals surface area contributed by atoms with E-state index in [1.165, 1.54) is 50.8 Å². The number of rotatable bonds is 6. The minimum Gasteiger partial charge on any atom is -0.354 e. The zero-order chi connectivity index (χ0) is 16.1. The molecule has 1 saturated carbocycles. The quantitative estimate of drug-likeness (QED) is 0.620. The summed E-state index contributed by atoms with van der Waals surface area (Å²) >= 11 is 1.79. The Morgan fingerprint density at radius 1 is 1.35 bits per heavy atom. The largest absolute Gasteiger partial charge is 0.354 e. The van der Waals surface area contributed by atoms with Crippen LogP contribution in [0.2, 0.25) is 0 Å². The van der Waals surface area contributed by atoms with Gasteiger partial charge in [-0.15, -0.1) is 0 Å². The fourth-order valence-electron chi connectivity index (χ4n) is 3.53. The highest BCUT2D eigenvalue weighted by molar-refractivity contribution is 7.07. The molecule has 2 aliphatic rings. The lowest BCUT2D eigenvalue weighted by Crippen LogP contribution is -2.49. The first-order valence-corrected chi connectivity index (χ1v) is 9.96.